The summed E-state index contributed by atoms with van der Waals surface area (Å²) in [6.07, 6.45) is 3.69. The number of rotatable bonds is 7. The summed E-state index contributed by atoms with van der Waals surface area (Å²) in [5.41, 5.74) is 1.40. The minimum Gasteiger partial charge on any atom is -0.346 e. The molecule has 0 aliphatic heterocycles. The zero-order chi connectivity index (χ0) is 17.7. The first-order valence-corrected chi connectivity index (χ1v) is 9.44. The van der Waals surface area contributed by atoms with E-state index in [0.717, 1.165) is 17.2 Å². The number of nitrogens with zero attached hydrogens (tertiary/aromatic N) is 2. The molecule has 0 aliphatic rings. The maximum absolute atomic E-state index is 11.9. The predicted octanol–water partition coefficient (Wildman–Crippen LogP) is 1.22. The Labute approximate surface area is 141 Å². The van der Waals surface area contributed by atoms with E-state index in [-0.39, 0.29) is 18.5 Å². The maximum Gasteiger partial charge on any atom is 0.252 e. The quantitative estimate of drug-likeness (QED) is 0.734. The van der Waals surface area contributed by atoms with Gasteiger partial charge in [-0.25, -0.2) is 13.1 Å². The Hall–Kier alpha value is -2.37. The highest BCUT2D eigenvalue weighted by molar-refractivity contribution is 7.88. The molecule has 2 N–H and O–H groups in total. The molecule has 8 heteroatoms. The van der Waals surface area contributed by atoms with Gasteiger partial charge in [-0.1, -0.05) is 6.92 Å². The lowest BCUT2D eigenvalue weighted by Gasteiger charge is -2.17. The second-order valence-corrected chi connectivity index (χ2v) is 7.36. The Morgan fingerprint density at radius 2 is 2.12 bits per heavy atom. The lowest BCUT2D eigenvalue weighted by molar-refractivity contribution is 0.0958. The van der Waals surface area contributed by atoms with Crippen LogP contribution < -0.4 is 10.0 Å². The van der Waals surface area contributed by atoms with Crippen molar-refractivity contribution in [3.63, 3.8) is 0 Å². The van der Waals surface area contributed by atoms with Gasteiger partial charge in [-0.3, -0.25) is 4.79 Å². The molecule has 0 bridgehead atoms. The Morgan fingerprint density at radius 3 is 2.75 bits per heavy atom. The van der Waals surface area contributed by atoms with Gasteiger partial charge in [0.15, 0.2) is 0 Å². The third kappa shape index (κ3) is 4.57. The molecule has 2 rings (SSSR count). The maximum atomic E-state index is 11.9. The summed E-state index contributed by atoms with van der Waals surface area (Å²) < 4.78 is 27.4. The van der Waals surface area contributed by atoms with Crippen molar-refractivity contribution in [3.05, 3.63) is 36.0 Å². The molecule has 0 saturated carbocycles. The molecule has 0 aliphatic carbocycles. The van der Waals surface area contributed by atoms with E-state index in [1.807, 2.05) is 35.9 Å². The topological polar surface area (TPSA) is 104 Å². The van der Waals surface area contributed by atoms with Crippen molar-refractivity contribution in [3.8, 4) is 6.07 Å². The second-order valence-electron chi connectivity index (χ2n) is 5.58. The van der Waals surface area contributed by atoms with Crippen molar-refractivity contribution in [1.82, 2.24) is 14.6 Å². The molecule has 1 aromatic carbocycles. The lowest BCUT2D eigenvalue weighted by atomic mass is 10.1. The van der Waals surface area contributed by atoms with Crippen LogP contribution in [0.5, 0.6) is 0 Å². The van der Waals surface area contributed by atoms with Gasteiger partial charge >= 0.3 is 0 Å². The van der Waals surface area contributed by atoms with E-state index in [2.05, 4.69) is 10.0 Å². The number of hydrogen-bond acceptors (Lipinski definition) is 4. The Kier molecular flexibility index (Phi) is 5.59. The van der Waals surface area contributed by atoms with Gasteiger partial charge < -0.3 is 9.88 Å². The van der Waals surface area contributed by atoms with E-state index in [4.69, 9.17) is 5.26 Å². The molecule has 0 spiro atoms. The van der Waals surface area contributed by atoms with Gasteiger partial charge in [-0.15, -0.1) is 0 Å². The summed E-state index contributed by atoms with van der Waals surface area (Å²) in [6, 6.07) is 8.81. The van der Waals surface area contributed by atoms with Crippen LogP contribution in [0.15, 0.2) is 30.5 Å². The fourth-order valence-electron chi connectivity index (χ4n) is 2.51. The fourth-order valence-corrected chi connectivity index (χ4v) is 3.36. The number of fused-ring (bicyclic) bond motifs is 1. The number of hydrogen-bond donors (Lipinski definition) is 2. The SMILES string of the molecule is CC[C@@H](Cn1ccc2cc(C(=O)NCC#N)ccc21)NS(C)(=O)=O. The number of carbonyl (C=O) groups is 1. The average Bonchev–Trinajstić information content (AvgIpc) is 2.92. The molecule has 1 amide bonds. The number of sulfonamides is 1. The summed E-state index contributed by atoms with van der Waals surface area (Å²) >= 11 is 0. The standard InChI is InChI=1S/C16H20N4O3S/c1-3-14(19-24(2,22)23)11-20-9-6-12-10-13(4-5-15(12)20)16(21)18-8-7-17/h4-6,9-10,14,19H,3,8,11H2,1-2H3,(H,18,21)/t14-/m0/s1. The van der Waals surface area contributed by atoms with Crippen LogP contribution in [0, 0.1) is 11.3 Å². The predicted molar refractivity (Wildman–Crippen MR) is 91.9 cm³/mol. The van der Waals surface area contributed by atoms with Crippen molar-refractivity contribution in [2.45, 2.75) is 25.9 Å². The molecule has 0 unspecified atom stereocenters. The zero-order valence-corrected chi connectivity index (χ0v) is 14.4. The fraction of sp³-hybridized carbons (Fsp3) is 0.375. The summed E-state index contributed by atoms with van der Waals surface area (Å²) in [5, 5.41) is 11.9. The van der Waals surface area contributed by atoms with Crippen molar-refractivity contribution < 1.29 is 13.2 Å². The van der Waals surface area contributed by atoms with E-state index in [9.17, 15) is 13.2 Å². The molecular weight excluding hydrogens is 328 g/mol. The number of benzene rings is 1. The molecule has 1 aromatic heterocycles. The molecule has 1 heterocycles. The van der Waals surface area contributed by atoms with E-state index in [0.29, 0.717) is 18.5 Å². The van der Waals surface area contributed by atoms with Crippen LogP contribution in [0.25, 0.3) is 10.9 Å². The Bertz CT molecular complexity index is 880. The monoisotopic (exact) mass is 348 g/mol. The van der Waals surface area contributed by atoms with Crippen LogP contribution in [0.1, 0.15) is 23.7 Å². The second kappa shape index (κ2) is 7.47. The molecule has 7 nitrogen and oxygen atoms in total. The molecule has 0 saturated heterocycles. The third-order valence-electron chi connectivity index (χ3n) is 3.65. The summed E-state index contributed by atoms with van der Waals surface area (Å²) in [5.74, 6) is -0.295. The first kappa shape index (κ1) is 18.0. The van der Waals surface area contributed by atoms with Gasteiger partial charge in [0.1, 0.15) is 6.54 Å². The molecule has 2 aromatic rings. The van der Waals surface area contributed by atoms with E-state index in [1.165, 1.54) is 0 Å². The van der Waals surface area contributed by atoms with Crippen LogP contribution in [0.2, 0.25) is 0 Å². The number of amides is 1. The average molecular weight is 348 g/mol. The van der Waals surface area contributed by atoms with E-state index < -0.39 is 10.0 Å². The zero-order valence-electron chi connectivity index (χ0n) is 13.6. The van der Waals surface area contributed by atoms with Gasteiger partial charge in [-0.05, 0) is 30.7 Å². The van der Waals surface area contributed by atoms with Gasteiger partial charge in [0, 0.05) is 35.2 Å². The minimum atomic E-state index is -3.26. The molecular formula is C16H20N4O3S. The minimum absolute atomic E-state index is 0.0345. The van der Waals surface area contributed by atoms with Crippen LogP contribution in [0.4, 0.5) is 0 Å². The Morgan fingerprint density at radius 1 is 1.38 bits per heavy atom. The van der Waals surface area contributed by atoms with Crippen molar-refractivity contribution in [1.29, 1.82) is 5.26 Å². The summed E-state index contributed by atoms with van der Waals surface area (Å²) in [7, 11) is -3.26. The molecule has 1 atom stereocenters. The first-order valence-electron chi connectivity index (χ1n) is 7.55. The molecule has 24 heavy (non-hydrogen) atoms. The summed E-state index contributed by atoms with van der Waals surface area (Å²) in [6.45, 7) is 2.40. The van der Waals surface area contributed by atoms with Crippen molar-refractivity contribution in [2.75, 3.05) is 12.8 Å². The van der Waals surface area contributed by atoms with Gasteiger partial charge in [-0.2, -0.15) is 5.26 Å². The molecule has 0 fully saturated rings. The van der Waals surface area contributed by atoms with E-state index in [1.54, 1.807) is 12.1 Å². The van der Waals surface area contributed by atoms with E-state index >= 15 is 0 Å². The van der Waals surface area contributed by atoms with Crippen LogP contribution >= 0.6 is 0 Å². The van der Waals surface area contributed by atoms with Crippen LogP contribution in [-0.2, 0) is 16.6 Å². The largest absolute Gasteiger partial charge is 0.346 e. The highest BCUT2D eigenvalue weighted by Gasteiger charge is 2.14. The number of nitriles is 1. The van der Waals surface area contributed by atoms with Gasteiger partial charge in [0.2, 0.25) is 10.0 Å². The smallest absolute Gasteiger partial charge is 0.252 e. The number of carbonyl (C=O) groups excluding carboxylic acids is 1. The highest BCUT2D eigenvalue weighted by Crippen LogP contribution is 2.18. The summed E-state index contributed by atoms with van der Waals surface area (Å²) in [4.78, 5) is 11.9. The Balaban J connectivity index is 2.22. The van der Waals surface area contributed by atoms with Crippen LogP contribution in [-0.4, -0.2) is 37.7 Å². The highest BCUT2D eigenvalue weighted by atomic mass is 32.2. The molecule has 0 radical (unpaired) electrons. The van der Waals surface area contributed by atoms with Crippen molar-refractivity contribution in [2.24, 2.45) is 0 Å². The van der Waals surface area contributed by atoms with Gasteiger partial charge in [0.25, 0.3) is 5.91 Å². The number of nitrogens with one attached hydrogen (secondary N) is 2. The first-order chi connectivity index (χ1) is 11.3. The number of aromatic nitrogens is 1. The third-order valence-corrected chi connectivity index (χ3v) is 4.41. The lowest BCUT2D eigenvalue weighted by Crippen LogP contribution is -2.36. The van der Waals surface area contributed by atoms with Gasteiger partial charge in [0.05, 0.1) is 12.3 Å². The normalized spacial score (nSPS) is 12.7. The van der Waals surface area contributed by atoms with Crippen molar-refractivity contribution >= 4 is 26.8 Å². The molecule has 128 valence electrons. The van der Waals surface area contributed by atoms with Crippen LogP contribution in [0.3, 0.4) is 0 Å².